The van der Waals surface area contributed by atoms with Crippen LogP contribution in [0.1, 0.15) is 21.7 Å². The van der Waals surface area contributed by atoms with Gasteiger partial charge in [0.2, 0.25) is 0 Å². The smallest absolute Gasteiger partial charge is 0.261 e. The molecule has 0 saturated carbocycles. The SMILES string of the molecule is Cc1onc(-c2ccccc2)c1C(=O)Nc1ccc(=O)n(Cc2ccccc2Cl)c1. The van der Waals surface area contributed by atoms with E-state index in [0.717, 1.165) is 11.1 Å². The van der Waals surface area contributed by atoms with Crippen LogP contribution in [0.15, 0.2) is 82.2 Å². The molecule has 0 radical (unpaired) electrons. The maximum atomic E-state index is 13.0. The molecular weight excluding hydrogens is 402 g/mol. The molecule has 0 aliphatic rings. The first kappa shape index (κ1) is 19.7. The highest BCUT2D eigenvalue weighted by Crippen LogP contribution is 2.26. The summed E-state index contributed by atoms with van der Waals surface area (Å²) in [5.41, 5.74) is 2.69. The Balaban J connectivity index is 1.62. The van der Waals surface area contributed by atoms with E-state index in [4.69, 9.17) is 16.1 Å². The van der Waals surface area contributed by atoms with Gasteiger partial charge >= 0.3 is 0 Å². The van der Waals surface area contributed by atoms with Crippen LogP contribution in [-0.2, 0) is 6.54 Å². The number of halogens is 1. The molecule has 1 N–H and O–H groups in total. The average molecular weight is 420 g/mol. The Hall–Kier alpha value is -3.64. The third-order valence-corrected chi connectivity index (χ3v) is 5.05. The van der Waals surface area contributed by atoms with Gasteiger partial charge in [0, 0.05) is 22.8 Å². The summed E-state index contributed by atoms with van der Waals surface area (Å²) in [6, 6.07) is 19.6. The summed E-state index contributed by atoms with van der Waals surface area (Å²) in [4.78, 5) is 25.3. The van der Waals surface area contributed by atoms with Gasteiger partial charge < -0.3 is 14.4 Å². The molecule has 4 aromatic rings. The number of nitrogens with zero attached hydrogens (tertiary/aromatic N) is 2. The lowest BCUT2D eigenvalue weighted by Crippen LogP contribution is -2.21. The largest absolute Gasteiger partial charge is 0.360 e. The number of benzene rings is 2. The number of aryl methyl sites for hydroxylation is 1. The third kappa shape index (κ3) is 4.04. The Morgan fingerprint density at radius 1 is 1.07 bits per heavy atom. The zero-order valence-corrected chi connectivity index (χ0v) is 16.9. The van der Waals surface area contributed by atoms with E-state index in [1.54, 1.807) is 25.3 Å². The first-order chi connectivity index (χ1) is 14.5. The van der Waals surface area contributed by atoms with Crippen LogP contribution in [0.2, 0.25) is 5.02 Å². The number of pyridine rings is 1. The van der Waals surface area contributed by atoms with Crippen molar-refractivity contribution in [2.75, 3.05) is 5.32 Å². The number of carbonyl (C=O) groups excluding carboxylic acids is 1. The van der Waals surface area contributed by atoms with Gasteiger partial charge in [0.05, 0.1) is 12.2 Å². The van der Waals surface area contributed by atoms with Gasteiger partial charge in [-0.25, -0.2) is 0 Å². The fraction of sp³-hybridized carbons (Fsp3) is 0.0870. The topological polar surface area (TPSA) is 77.1 Å². The number of aromatic nitrogens is 2. The van der Waals surface area contributed by atoms with Crippen LogP contribution in [0.25, 0.3) is 11.3 Å². The fourth-order valence-electron chi connectivity index (χ4n) is 3.17. The lowest BCUT2D eigenvalue weighted by Gasteiger charge is -2.11. The highest BCUT2D eigenvalue weighted by atomic mass is 35.5. The molecule has 30 heavy (non-hydrogen) atoms. The minimum atomic E-state index is -0.365. The first-order valence-corrected chi connectivity index (χ1v) is 9.67. The van der Waals surface area contributed by atoms with Crippen molar-refractivity contribution < 1.29 is 9.32 Å². The lowest BCUT2D eigenvalue weighted by atomic mass is 10.1. The summed E-state index contributed by atoms with van der Waals surface area (Å²) in [5, 5.41) is 7.45. The number of hydrogen-bond donors (Lipinski definition) is 1. The highest BCUT2D eigenvalue weighted by molar-refractivity contribution is 6.31. The second-order valence-electron chi connectivity index (χ2n) is 6.76. The number of anilines is 1. The minimum absolute atomic E-state index is 0.195. The van der Waals surface area contributed by atoms with Crippen LogP contribution in [0.4, 0.5) is 5.69 Å². The van der Waals surface area contributed by atoms with Gasteiger partial charge in [0.1, 0.15) is 17.0 Å². The monoisotopic (exact) mass is 419 g/mol. The summed E-state index contributed by atoms with van der Waals surface area (Å²) in [5.74, 6) is 0.0475. The van der Waals surface area contributed by atoms with Crippen molar-refractivity contribution in [3.8, 4) is 11.3 Å². The molecular formula is C23H18ClN3O3. The van der Waals surface area contributed by atoms with Crippen LogP contribution in [0, 0.1) is 6.92 Å². The molecule has 6 nitrogen and oxygen atoms in total. The Morgan fingerprint density at radius 2 is 1.80 bits per heavy atom. The third-order valence-electron chi connectivity index (χ3n) is 4.68. The average Bonchev–Trinajstić information content (AvgIpc) is 3.14. The molecule has 0 atom stereocenters. The van der Waals surface area contributed by atoms with Crippen LogP contribution in [0.5, 0.6) is 0 Å². The van der Waals surface area contributed by atoms with Crippen LogP contribution in [0.3, 0.4) is 0 Å². The maximum absolute atomic E-state index is 13.0. The van der Waals surface area contributed by atoms with Gasteiger partial charge in [0.15, 0.2) is 0 Å². The normalized spacial score (nSPS) is 10.7. The predicted octanol–water partition coefficient (Wildman–Crippen LogP) is 4.77. The van der Waals surface area contributed by atoms with E-state index >= 15 is 0 Å². The summed E-state index contributed by atoms with van der Waals surface area (Å²) in [6.07, 6.45) is 1.59. The molecule has 0 spiro atoms. The number of nitrogens with one attached hydrogen (secondary N) is 1. The van der Waals surface area contributed by atoms with E-state index in [1.807, 2.05) is 48.5 Å². The van der Waals surface area contributed by atoms with Crippen LogP contribution >= 0.6 is 11.6 Å². The molecule has 0 aliphatic carbocycles. The zero-order chi connectivity index (χ0) is 21.1. The van der Waals surface area contributed by atoms with E-state index in [9.17, 15) is 9.59 Å². The predicted molar refractivity (Wildman–Crippen MR) is 116 cm³/mol. The molecule has 150 valence electrons. The van der Waals surface area contributed by atoms with Crippen molar-refractivity contribution in [2.45, 2.75) is 13.5 Å². The molecule has 0 aliphatic heterocycles. The van der Waals surface area contributed by atoms with E-state index < -0.39 is 0 Å². The number of amides is 1. The first-order valence-electron chi connectivity index (χ1n) is 9.30. The summed E-state index contributed by atoms with van der Waals surface area (Å²) >= 11 is 6.21. The van der Waals surface area contributed by atoms with Gasteiger partial charge in [-0.2, -0.15) is 0 Å². The molecule has 7 heteroatoms. The molecule has 4 rings (SSSR count). The Morgan fingerprint density at radius 3 is 2.57 bits per heavy atom. The van der Waals surface area contributed by atoms with Crippen molar-refractivity contribution in [1.82, 2.24) is 9.72 Å². The van der Waals surface area contributed by atoms with E-state index in [1.165, 1.54) is 10.6 Å². The van der Waals surface area contributed by atoms with E-state index in [0.29, 0.717) is 34.3 Å². The molecule has 0 fully saturated rings. The van der Waals surface area contributed by atoms with Crippen LogP contribution < -0.4 is 10.9 Å². The van der Waals surface area contributed by atoms with Gasteiger partial charge in [-0.15, -0.1) is 0 Å². The Bertz CT molecular complexity index is 1260. The molecule has 2 aromatic carbocycles. The standard InChI is InChI=1S/C23H18ClN3O3/c1-15-21(22(26-30-15)16-7-3-2-4-8-16)23(29)25-18-11-12-20(28)27(14-18)13-17-9-5-6-10-19(17)24/h2-12,14H,13H2,1H3,(H,25,29). The van der Waals surface area contributed by atoms with E-state index in [2.05, 4.69) is 10.5 Å². The molecule has 0 saturated heterocycles. The Labute approximate surface area is 177 Å². The maximum Gasteiger partial charge on any atom is 0.261 e. The lowest BCUT2D eigenvalue weighted by molar-refractivity contribution is 0.102. The second-order valence-corrected chi connectivity index (χ2v) is 7.17. The number of carbonyl (C=O) groups is 1. The minimum Gasteiger partial charge on any atom is -0.360 e. The van der Waals surface area contributed by atoms with Crippen molar-refractivity contribution in [3.05, 3.63) is 105 Å². The van der Waals surface area contributed by atoms with Crippen LogP contribution in [-0.4, -0.2) is 15.6 Å². The fourth-order valence-corrected chi connectivity index (χ4v) is 3.36. The second kappa shape index (κ2) is 8.39. The molecule has 1 amide bonds. The van der Waals surface area contributed by atoms with Gasteiger partial charge in [-0.05, 0) is 24.6 Å². The van der Waals surface area contributed by atoms with Gasteiger partial charge in [-0.1, -0.05) is 65.3 Å². The Kier molecular flexibility index (Phi) is 5.50. The van der Waals surface area contributed by atoms with Crippen molar-refractivity contribution >= 4 is 23.2 Å². The van der Waals surface area contributed by atoms with E-state index in [-0.39, 0.29) is 11.5 Å². The number of hydrogen-bond acceptors (Lipinski definition) is 4. The summed E-state index contributed by atoms with van der Waals surface area (Å²) in [7, 11) is 0. The van der Waals surface area contributed by atoms with Gasteiger partial charge in [0.25, 0.3) is 11.5 Å². The summed E-state index contributed by atoms with van der Waals surface area (Å²) < 4.78 is 6.76. The van der Waals surface area contributed by atoms with Gasteiger partial charge in [-0.3, -0.25) is 9.59 Å². The molecule has 0 bridgehead atoms. The summed E-state index contributed by atoms with van der Waals surface area (Å²) in [6.45, 7) is 1.98. The van der Waals surface area contributed by atoms with Crippen molar-refractivity contribution in [3.63, 3.8) is 0 Å². The number of rotatable bonds is 5. The van der Waals surface area contributed by atoms with Crippen molar-refractivity contribution in [2.24, 2.45) is 0 Å². The zero-order valence-electron chi connectivity index (χ0n) is 16.1. The molecule has 2 aromatic heterocycles. The quantitative estimate of drug-likeness (QED) is 0.505. The molecule has 2 heterocycles. The molecule has 0 unspecified atom stereocenters. The highest BCUT2D eigenvalue weighted by Gasteiger charge is 2.21. The van der Waals surface area contributed by atoms with Crippen molar-refractivity contribution in [1.29, 1.82) is 0 Å².